The van der Waals surface area contributed by atoms with Gasteiger partial charge in [0, 0.05) is 10.7 Å². The van der Waals surface area contributed by atoms with Crippen molar-refractivity contribution >= 4 is 22.3 Å². The lowest BCUT2D eigenvalue weighted by molar-refractivity contribution is 0.853. The number of aliphatic imine (C=N–C) groups is 1. The predicted molar refractivity (Wildman–Crippen MR) is 72.0 cm³/mol. The van der Waals surface area contributed by atoms with Crippen LogP contribution in [0.1, 0.15) is 28.3 Å². The molecule has 0 saturated carbocycles. The largest absolute Gasteiger partial charge is 0.352 e. The minimum atomic E-state index is 0.0989. The Kier molecular flexibility index (Phi) is 3.15. The first-order valence-electron chi connectivity index (χ1n) is 5.30. The fraction of sp³-hybridized carbons (Fsp3) is 0.308. The topological polar surface area (TPSA) is 24.4 Å². The predicted octanol–water partition coefficient (Wildman–Crippen LogP) is 3.52. The Morgan fingerprint density at radius 2 is 1.81 bits per heavy atom. The number of nitrogens with one attached hydrogen (secondary N) is 1. The van der Waals surface area contributed by atoms with Crippen molar-refractivity contribution in [2.24, 2.45) is 4.99 Å². The number of benzene rings is 1. The van der Waals surface area contributed by atoms with Gasteiger partial charge in [0.05, 0.1) is 6.34 Å². The van der Waals surface area contributed by atoms with Crippen LogP contribution >= 0.6 is 15.9 Å². The monoisotopic (exact) mass is 278 g/mol. The standard InChI is InChI=1S/C13H15BrN2/c1-8-4-9(2)12(10(3)5-8)13-11(14)6-15-7-16-13/h4-7,13H,1-3H3,(H,15,16). The fourth-order valence-electron chi connectivity index (χ4n) is 2.22. The van der Waals surface area contributed by atoms with E-state index in [1.807, 2.05) is 6.20 Å². The van der Waals surface area contributed by atoms with E-state index in [1.54, 1.807) is 6.34 Å². The first-order valence-corrected chi connectivity index (χ1v) is 6.10. The second-order valence-corrected chi connectivity index (χ2v) is 5.10. The summed E-state index contributed by atoms with van der Waals surface area (Å²) in [7, 11) is 0. The summed E-state index contributed by atoms with van der Waals surface area (Å²) in [6.07, 6.45) is 3.69. The highest BCUT2D eigenvalue weighted by atomic mass is 79.9. The normalized spacial score (nSPS) is 19.2. The lowest BCUT2D eigenvalue weighted by atomic mass is 9.94. The molecule has 0 spiro atoms. The second kappa shape index (κ2) is 4.42. The lowest BCUT2D eigenvalue weighted by Gasteiger charge is -2.20. The highest BCUT2D eigenvalue weighted by Crippen LogP contribution is 2.35. The summed E-state index contributed by atoms with van der Waals surface area (Å²) in [6.45, 7) is 6.42. The molecule has 1 aliphatic heterocycles. The second-order valence-electron chi connectivity index (χ2n) is 4.19. The maximum Gasteiger partial charge on any atom is 0.110 e. The number of hydrogen-bond acceptors (Lipinski definition) is 2. The third-order valence-corrected chi connectivity index (χ3v) is 3.45. The molecular formula is C13H15BrN2. The smallest absolute Gasteiger partial charge is 0.110 e. The zero-order valence-corrected chi connectivity index (χ0v) is 11.3. The Morgan fingerprint density at radius 1 is 1.19 bits per heavy atom. The molecule has 1 heterocycles. The number of rotatable bonds is 1. The molecule has 0 saturated heterocycles. The first-order chi connectivity index (χ1) is 7.59. The molecule has 0 aliphatic carbocycles. The van der Waals surface area contributed by atoms with Gasteiger partial charge in [-0.1, -0.05) is 33.6 Å². The van der Waals surface area contributed by atoms with Gasteiger partial charge >= 0.3 is 0 Å². The van der Waals surface area contributed by atoms with Crippen molar-refractivity contribution < 1.29 is 0 Å². The average Bonchev–Trinajstić information content (AvgIpc) is 2.19. The molecule has 0 fully saturated rings. The van der Waals surface area contributed by atoms with Crippen LogP contribution in [0.4, 0.5) is 0 Å². The van der Waals surface area contributed by atoms with E-state index in [2.05, 4.69) is 59.1 Å². The lowest BCUT2D eigenvalue weighted by Crippen LogP contribution is -2.13. The molecule has 0 aromatic heterocycles. The Labute approximate surface area is 105 Å². The minimum absolute atomic E-state index is 0.0989. The van der Waals surface area contributed by atoms with Gasteiger partial charge in [-0.05, 0) is 37.5 Å². The van der Waals surface area contributed by atoms with E-state index in [1.165, 1.54) is 22.3 Å². The van der Waals surface area contributed by atoms with Crippen LogP contribution in [0.25, 0.3) is 0 Å². The Hall–Kier alpha value is -1.09. The Bertz CT molecular complexity index is 452. The molecule has 0 radical (unpaired) electrons. The summed E-state index contributed by atoms with van der Waals surface area (Å²) in [5, 5.41) is 2.98. The van der Waals surface area contributed by atoms with Gasteiger partial charge in [-0.25, -0.2) is 0 Å². The molecule has 1 aromatic rings. The molecular weight excluding hydrogens is 264 g/mol. The van der Waals surface area contributed by atoms with E-state index in [0.717, 1.165) is 4.48 Å². The van der Waals surface area contributed by atoms with Gasteiger partial charge < -0.3 is 5.32 Å². The summed E-state index contributed by atoms with van der Waals surface area (Å²) < 4.78 is 1.07. The Balaban J connectivity index is 2.51. The van der Waals surface area contributed by atoms with Crippen molar-refractivity contribution in [1.29, 1.82) is 0 Å². The molecule has 3 heteroatoms. The van der Waals surface area contributed by atoms with E-state index in [0.29, 0.717) is 0 Å². The summed E-state index contributed by atoms with van der Waals surface area (Å²) in [6, 6.07) is 4.52. The van der Waals surface area contributed by atoms with Crippen molar-refractivity contribution in [3.63, 3.8) is 0 Å². The molecule has 1 aromatic carbocycles. The maximum atomic E-state index is 4.48. The van der Waals surface area contributed by atoms with Crippen molar-refractivity contribution in [2.45, 2.75) is 26.8 Å². The molecule has 0 amide bonds. The SMILES string of the molecule is Cc1cc(C)c(C2N=CNC=C2Br)c(C)c1. The summed E-state index contributed by atoms with van der Waals surface area (Å²) in [5.74, 6) is 0. The van der Waals surface area contributed by atoms with Crippen LogP contribution in [0, 0.1) is 20.8 Å². The van der Waals surface area contributed by atoms with E-state index in [-0.39, 0.29) is 6.04 Å². The number of hydrogen-bond donors (Lipinski definition) is 1. The van der Waals surface area contributed by atoms with Gasteiger partial charge in [0.2, 0.25) is 0 Å². The number of halogens is 1. The third kappa shape index (κ3) is 2.05. The third-order valence-electron chi connectivity index (χ3n) is 2.79. The number of aryl methyl sites for hydroxylation is 3. The van der Waals surface area contributed by atoms with Crippen LogP contribution in [0.3, 0.4) is 0 Å². The first kappa shape index (κ1) is 11.4. The molecule has 1 atom stereocenters. The molecule has 1 aliphatic rings. The molecule has 16 heavy (non-hydrogen) atoms. The van der Waals surface area contributed by atoms with Gasteiger partial charge in [0.1, 0.15) is 6.04 Å². The average molecular weight is 279 g/mol. The minimum Gasteiger partial charge on any atom is -0.352 e. The maximum absolute atomic E-state index is 4.48. The zero-order chi connectivity index (χ0) is 11.7. The fourth-order valence-corrected chi connectivity index (χ4v) is 2.70. The summed E-state index contributed by atoms with van der Waals surface area (Å²) in [4.78, 5) is 4.48. The highest BCUT2D eigenvalue weighted by molar-refractivity contribution is 9.11. The van der Waals surface area contributed by atoms with Crippen molar-refractivity contribution in [3.8, 4) is 0 Å². The van der Waals surface area contributed by atoms with E-state index in [4.69, 9.17) is 0 Å². The van der Waals surface area contributed by atoms with Gasteiger partial charge in [-0.2, -0.15) is 0 Å². The molecule has 0 bridgehead atoms. The summed E-state index contributed by atoms with van der Waals surface area (Å²) in [5.41, 5.74) is 5.20. The van der Waals surface area contributed by atoms with E-state index >= 15 is 0 Å². The molecule has 2 rings (SSSR count). The quantitative estimate of drug-likeness (QED) is 0.835. The van der Waals surface area contributed by atoms with Crippen molar-refractivity contribution in [2.75, 3.05) is 0 Å². The number of nitrogens with zero attached hydrogens (tertiary/aromatic N) is 1. The van der Waals surface area contributed by atoms with Crippen molar-refractivity contribution in [1.82, 2.24) is 5.32 Å². The van der Waals surface area contributed by atoms with Crippen LogP contribution in [-0.4, -0.2) is 6.34 Å². The van der Waals surface area contributed by atoms with E-state index in [9.17, 15) is 0 Å². The molecule has 1 N–H and O–H groups in total. The zero-order valence-electron chi connectivity index (χ0n) is 9.71. The van der Waals surface area contributed by atoms with Gasteiger partial charge in [0.25, 0.3) is 0 Å². The van der Waals surface area contributed by atoms with E-state index < -0.39 is 0 Å². The van der Waals surface area contributed by atoms with Gasteiger partial charge in [0.15, 0.2) is 0 Å². The summed E-state index contributed by atoms with van der Waals surface area (Å²) >= 11 is 3.56. The van der Waals surface area contributed by atoms with Crippen LogP contribution in [0.15, 0.2) is 27.8 Å². The highest BCUT2D eigenvalue weighted by Gasteiger charge is 2.19. The Morgan fingerprint density at radius 3 is 2.38 bits per heavy atom. The molecule has 84 valence electrons. The van der Waals surface area contributed by atoms with Crippen LogP contribution in [0.2, 0.25) is 0 Å². The van der Waals surface area contributed by atoms with Crippen LogP contribution < -0.4 is 5.32 Å². The molecule has 1 unspecified atom stereocenters. The molecule has 2 nitrogen and oxygen atoms in total. The van der Waals surface area contributed by atoms with Gasteiger partial charge in [-0.15, -0.1) is 0 Å². The van der Waals surface area contributed by atoms with Crippen molar-refractivity contribution in [3.05, 3.63) is 45.1 Å². The van der Waals surface area contributed by atoms with Crippen LogP contribution in [-0.2, 0) is 0 Å². The van der Waals surface area contributed by atoms with Gasteiger partial charge in [-0.3, -0.25) is 4.99 Å². The van der Waals surface area contributed by atoms with Crippen LogP contribution in [0.5, 0.6) is 0 Å².